The van der Waals surface area contributed by atoms with Crippen LogP contribution in [0.1, 0.15) is 35.9 Å². The molecule has 0 aliphatic heterocycles. The van der Waals surface area contributed by atoms with Crippen LogP contribution >= 0.6 is 11.3 Å². The van der Waals surface area contributed by atoms with Crippen LogP contribution in [0.4, 0.5) is 0 Å². The van der Waals surface area contributed by atoms with Gasteiger partial charge in [0.1, 0.15) is 0 Å². The third-order valence-corrected chi connectivity index (χ3v) is 4.41. The molecular formula is C14H21NS. The van der Waals surface area contributed by atoms with Crippen LogP contribution in [0.15, 0.2) is 24.3 Å². The number of aryl methyl sites for hydroxylation is 1. The molecule has 1 aliphatic rings. The molecule has 0 radical (unpaired) electrons. The van der Waals surface area contributed by atoms with Gasteiger partial charge < -0.3 is 5.32 Å². The minimum absolute atomic E-state index is 0.857. The number of nitrogens with one attached hydrogen (secondary N) is 1. The molecule has 1 aliphatic carbocycles. The van der Waals surface area contributed by atoms with Crippen LogP contribution in [0.5, 0.6) is 0 Å². The Kier molecular flexibility index (Phi) is 4.61. The molecule has 1 atom stereocenters. The summed E-state index contributed by atoms with van der Waals surface area (Å²) >= 11 is 1.94. The quantitative estimate of drug-likeness (QED) is 0.766. The van der Waals surface area contributed by atoms with Gasteiger partial charge in [-0.3, -0.25) is 0 Å². The third-order valence-electron chi connectivity index (χ3n) is 3.18. The molecule has 16 heavy (non-hydrogen) atoms. The molecule has 2 rings (SSSR count). The lowest BCUT2D eigenvalue weighted by atomic mass is 9.94. The van der Waals surface area contributed by atoms with Gasteiger partial charge >= 0.3 is 0 Å². The lowest BCUT2D eigenvalue weighted by Crippen LogP contribution is -2.22. The lowest BCUT2D eigenvalue weighted by Gasteiger charge is -2.17. The van der Waals surface area contributed by atoms with Crippen molar-refractivity contribution in [2.75, 3.05) is 6.54 Å². The molecule has 1 unspecified atom stereocenters. The second kappa shape index (κ2) is 6.21. The normalized spacial score (nSPS) is 20.2. The molecule has 0 fully saturated rings. The first-order valence-electron chi connectivity index (χ1n) is 6.31. The molecule has 1 N–H and O–H groups in total. The van der Waals surface area contributed by atoms with Gasteiger partial charge in [-0.05, 0) is 50.3 Å². The molecule has 0 spiro atoms. The fraction of sp³-hybridized carbons (Fsp3) is 0.571. The van der Waals surface area contributed by atoms with Gasteiger partial charge in [-0.15, -0.1) is 11.3 Å². The predicted molar refractivity (Wildman–Crippen MR) is 71.9 cm³/mol. The average molecular weight is 235 g/mol. The molecule has 2 heteroatoms. The molecule has 0 saturated carbocycles. The fourth-order valence-electron chi connectivity index (χ4n) is 2.15. The van der Waals surface area contributed by atoms with Crippen molar-refractivity contribution in [1.29, 1.82) is 0 Å². The van der Waals surface area contributed by atoms with Gasteiger partial charge in [-0.1, -0.05) is 19.1 Å². The van der Waals surface area contributed by atoms with Gasteiger partial charge in [0.25, 0.3) is 0 Å². The second-order valence-corrected chi connectivity index (χ2v) is 5.76. The zero-order valence-electron chi connectivity index (χ0n) is 10.0. The summed E-state index contributed by atoms with van der Waals surface area (Å²) in [5, 5.41) is 3.59. The van der Waals surface area contributed by atoms with E-state index in [0.29, 0.717) is 0 Å². The van der Waals surface area contributed by atoms with Crippen LogP contribution in [0.25, 0.3) is 0 Å². The Morgan fingerprint density at radius 3 is 2.88 bits per heavy atom. The molecular weight excluding hydrogens is 214 g/mol. The van der Waals surface area contributed by atoms with Gasteiger partial charge in [-0.2, -0.15) is 0 Å². The van der Waals surface area contributed by atoms with Gasteiger partial charge in [0.2, 0.25) is 0 Å². The highest BCUT2D eigenvalue weighted by Gasteiger charge is 2.09. The largest absolute Gasteiger partial charge is 0.312 e. The average Bonchev–Trinajstić information content (AvgIpc) is 2.78. The zero-order valence-corrected chi connectivity index (χ0v) is 10.9. The van der Waals surface area contributed by atoms with Crippen LogP contribution in [0.2, 0.25) is 0 Å². The molecule has 0 amide bonds. The van der Waals surface area contributed by atoms with Crippen molar-refractivity contribution in [3.63, 3.8) is 0 Å². The Labute approximate surface area is 103 Å². The smallest absolute Gasteiger partial charge is 0.0299 e. The lowest BCUT2D eigenvalue weighted by molar-refractivity contribution is 0.441. The highest BCUT2D eigenvalue weighted by atomic mass is 32.1. The topological polar surface area (TPSA) is 12.0 Å². The summed E-state index contributed by atoms with van der Waals surface area (Å²) in [7, 11) is 0. The van der Waals surface area contributed by atoms with E-state index in [4.69, 9.17) is 0 Å². The van der Waals surface area contributed by atoms with Crippen molar-refractivity contribution in [3.8, 4) is 0 Å². The van der Waals surface area contributed by atoms with Crippen LogP contribution in [-0.4, -0.2) is 6.54 Å². The predicted octanol–water partition coefficient (Wildman–Crippen LogP) is 3.76. The number of thiophene rings is 1. The van der Waals surface area contributed by atoms with Crippen molar-refractivity contribution < 1.29 is 0 Å². The Morgan fingerprint density at radius 2 is 2.19 bits per heavy atom. The summed E-state index contributed by atoms with van der Waals surface area (Å²) < 4.78 is 0. The highest BCUT2D eigenvalue weighted by molar-refractivity contribution is 7.11. The van der Waals surface area contributed by atoms with Crippen LogP contribution in [0, 0.1) is 5.92 Å². The van der Waals surface area contributed by atoms with Gasteiger partial charge in [0.15, 0.2) is 0 Å². The third kappa shape index (κ3) is 3.46. The Balaban J connectivity index is 1.69. The minimum Gasteiger partial charge on any atom is -0.312 e. The van der Waals surface area contributed by atoms with Crippen molar-refractivity contribution in [2.24, 2.45) is 5.92 Å². The summed E-state index contributed by atoms with van der Waals surface area (Å²) in [5.41, 5.74) is 0. The fourth-order valence-corrected chi connectivity index (χ4v) is 3.08. The maximum Gasteiger partial charge on any atom is 0.0299 e. The van der Waals surface area contributed by atoms with E-state index in [1.807, 2.05) is 11.3 Å². The number of hydrogen-bond donors (Lipinski definition) is 1. The van der Waals surface area contributed by atoms with Crippen molar-refractivity contribution in [3.05, 3.63) is 34.0 Å². The van der Waals surface area contributed by atoms with E-state index >= 15 is 0 Å². The van der Waals surface area contributed by atoms with E-state index in [0.717, 1.165) is 18.9 Å². The van der Waals surface area contributed by atoms with Gasteiger partial charge in [0.05, 0.1) is 0 Å². The first-order valence-corrected chi connectivity index (χ1v) is 7.13. The molecule has 1 heterocycles. The highest BCUT2D eigenvalue weighted by Crippen LogP contribution is 2.19. The van der Waals surface area contributed by atoms with Crippen molar-refractivity contribution in [2.45, 2.75) is 39.2 Å². The van der Waals surface area contributed by atoms with E-state index in [-0.39, 0.29) is 0 Å². The molecule has 88 valence electrons. The summed E-state index contributed by atoms with van der Waals surface area (Å²) in [6.45, 7) is 4.44. The summed E-state index contributed by atoms with van der Waals surface area (Å²) in [6, 6.07) is 4.52. The number of hydrogen-bond acceptors (Lipinski definition) is 2. The maximum atomic E-state index is 3.59. The molecule has 1 nitrogen and oxygen atoms in total. The number of allylic oxidation sites excluding steroid dienone is 2. The van der Waals surface area contributed by atoms with E-state index < -0.39 is 0 Å². The Morgan fingerprint density at radius 1 is 1.31 bits per heavy atom. The maximum absolute atomic E-state index is 3.59. The molecule has 1 aromatic rings. The molecule has 0 aromatic carbocycles. The molecule has 0 bridgehead atoms. The summed E-state index contributed by atoms with van der Waals surface area (Å²) in [6.07, 6.45) is 9.69. The summed E-state index contributed by atoms with van der Waals surface area (Å²) in [5.74, 6) is 0.857. The first kappa shape index (κ1) is 11.9. The second-order valence-electron chi connectivity index (χ2n) is 4.50. The van der Waals surface area contributed by atoms with E-state index in [9.17, 15) is 0 Å². The summed E-state index contributed by atoms with van der Waals surface area (Å²) in [4.78, 5) is 2.97. The van der Waals surface area contributed by atoms with E-state index in [1.54, 1.807) is 0 Å². The molecule has 1 aromatic heterocycles. The standard InChI is InChI=1S/C14H21NS/c1-2-13-8-9-14(16-13)11-15-10-12-6-4-3-5-7-12/h3-4,8-9,12,15H,2,5-7,10-11H2,1H3. The van der Waals surface area contributed by atoms with Gasteiger partial charge in [0, 0.05) is 16.3 Å². The Hall–Kier alpha value is -0.600. The van der Waals surface area contributed by atoms with Crippen LogP contribution in [0.3, 0.4) is 0 Å². The van der Waals surface area contributed by atoms with Gasteiger partial charge in [-0.25, -0.2) is 0 Å². The van der Waals surface area contributed by atoms with E-state index in [2.05, 4.69) is 36.5 Å². The number of rotatable bonds is 5. The SMILES string of the molecule is CCc1ccc(CNCC2CC=CCC2)s1. The molecule has 0 saturated heterocycles. The minimum atomic E-state index is 0.857. The Bertz CT molecular complexity index is 340. The monoisotopic (exact) mass is 235 g/mol. The van der Waals surface area contributed by atoms with E-state index in [1.165, 1.54) is 35.6 Å². The van der Waals surface area contributed by atoms with Crippen molar-refractivity contribution in [1.82, 2.24) is 5.32 Å². The van der Waals surface area contributed by atoms with Crippen LogP contribution in [-0.2, 0) is 13.0 Å². The zero-order chi connectivity index (χ0) is 11.2. The van der Waals surface area contributed by atoms with Crippen LogP contribution < -0.4 is 5.32 Å². The first-order chi connectivity index (χ1) is 7.88. The van der Waals surface area contributed by atoms with Crippen molar-refractivity contribution >= 4 is 11.3 Å².